The molecule has 0 saturated heterocycles. The van der Waals surface area contributed by atoms with Gasteiger partial charge in [0, 0.05) is 5.69 Å². The Balaban J connectivity index is 2.09. The van der Waals surface area contributed by atoms with Crippen LogP contribution in [-0.2, 0) is 4.74 Å². The first-order chi connectivity index (χ1) is 13.9. The highest BCUT2D eigenvalue weighted by molar-refractivity contribution is 7.80. The molecule has 0 fully saturated rings. The third kappa shape index (κ3) is 5.98. The van der Waals surface area contributed by atoms with Crippen molar-refractivity contribution < 1.29 is 19.0 Å². The lowest BCUT2D eigenvalue weighted by molar-refractivity contribution is 0.0526. The zero-order valence-corrected chi connectivity index (χ0v) is 18.4. The van der Waals surface area contributed by atoms with Crippen LogP contribution in [0.25, 0.3) is 0 Å². The van der Waals surface area contributed by atoms with E-state index in [-0.39, 0.29) is 12.6 Å². The van der Waals surface area contributed by atoms with Crippen LogP contribution in [0, 0.1) is 0 Å². The Morgan fingerprint density at radius 2 is 1.83 bits per heavy atom. The molecular weight excluding hydrogens is 412 g/mol. The number of thiocarbonyl (C=S) groups is 1. The lowest BCUT2D eigenvalue weighted by Crippen LogP contribution is -2.32. The highest BCUT2D eigenvalue weighted by atomic mass is 35.5. The number of benzene rings is 2. The Morgan fingerprint density at radius 3 is 2.41 bits per heavy atom. The molecule has 0 saturated carbocycles. The molecule has 2 N–H and O–H groups in total. The van der Waals surface area contributed by atoms with Gasteiger partial charge in [0.05, 0.1) is 37.5 Å². The molecule has 0 amide bonds. The molecule has 0 aliphatic carbocycles. The summed E-state index contributed by atoms with van der Waals surface area (Å²) in [5.74, 6) is 0.873. The van der Waals surface area contributed by atoms with Gasteiger partial charge < -0.3 is 24.8 Å². The smallest absolute Gasteiger partial charge is 0.339 e. The van der Waals surface area contributed by atoms with Crippen LogP contribution >= 0.6 is 23.8 Å². The summed E-state index contributed by atoms with van der Waals surface area (Å²) < 4.78 is 15.6. The fraction of sp³-hybridized carbons (Fsp3) is 0.333. The van der Waals surface area contributed by atoms with Gasteiger partial charge in [0.2, 0.25) is 0 Å². The Morgan fingerprint density at radius 1 is 1.10 bits per heavy atom. The van der Waals surface area contributed by atoms with E-state index in [4.69, 9.17) is 38.0 Å². The first-order valence-electron chi connectivity index (χ1n) is 9.19. The summed E-state index contributed by atoms with van der Waals surface area (Å²) in [5, 5.41) is 7.11. The van der Waals surface area contributed by atoms with E-state index in [0.29, 0.717) is 32.9 Å². The van der Waals surface area contributed by atoms with E-state index in [1.165, 1.54) is 0 Å². The van der Waals surface area contributed by atoms with Crippen LogP contribution < -0.4 is 20.1 Å². The molecule has 2 rings (SSSR count). The number of hydrogen-bond acceptors (Lipinski definition) is 5. The lowest BCUT2D eigenvalue weighted by atomic mass is 10.0. The maximum atomic E-state index is 11.9. The minimum atomic E-state index is -0.454. The van der Waals surface area contributed by atoms with E-state index in [1.807, 2.05) is 18.2 Å². The second kappa shape index (κ2) is 10.9. The molecule has 0 aliphatic rings. The third-order valence-electron chi connectivity index (χ3n) is 4.25. The average Bonchev–Trinajstić information content (AvgIpc) is 2.71. The molecule has 2 aromatic carbocycles. The van der Waals surface area contributed by atoms with E-state index in [0.717, 1.165) is 12.0 Å². The SMILES string of the molecule is CCOC(=O)c1ccc(NC(=S)NC(CC)c2ccc(OC)c(OC)c2)cc1Cl. The van der Waals surface area contributed by atoms with Gasteiger partial charge in [-0.2, -0.15) is 0 Å². The molecular formula is C21H25ClN2O4S. The van der Waals surface area contributed by atoms with E-state index < -0.39 is 5.97 Å². The van der Waals surface area contributed by atoms with Crippen molar-refractivity contribution in [2.45, 2.75) is 26.3 Å². The Bertz CT molecular complexity index is 876. The summed E-state index contributed by atoms with van der Waals surface area (Å²) in [6.07, 6.45) is 0.805. The van der Waals surface area contributed by atoms with Crippen LogP contribution in [0.5, 0.6) is 11.5 Å². The van der Waals surface area contributed by atoms with E-state index in [2.05, 4.69) is 17.6 Å². The van der Waals surface area contributed by atoms with Crippen LogP contribution in [0.3, 0.4) is 0 Å². The molecule has 8 heteroatoms. The predicted octanol–water partition coefficient (Wildman–Crippen LogP) is 4.97. The van der Waals surface area contributed by atoms with Gasteiger partial charge in [-0.1, -0.05) is 24.6 Å². The molecule has 1 unspecified atom stereocenters. The number of methoxy groups -OCH3 is 2. The number of esters is 1. The van der Waals surface area contributed by atoms with Gasteiger partial charge in [-0.15, -0.1) is 0 Å². The number of nitrogens with one attached hydrogen (secondary N) is 2. The van der Waals surface area contributed by atoms with Crippen molar-refractivity contribution in [3.05, 3.63) is 52.5 Å². The Labute approximate surface area is 181 Å². The highest BCUT2D eigenvalue weighted by Gasteiger charge is 2.15. The van der Waals surface area contributed by atoms with Crippen LogP contribution in [0.1, 0.15) is 42.2 Å². The molecule has 29 heavy (non-hydrogen) atoms. The summed E-state index contributed by atoms with van der Waals surface area (Å²) in [6, 6.07) is 10.7. The first kappa shape index (κ1) is 22.8. The standard InChI is InChI=1S/C21H25ClN2O4S/c1-5-17(13-7-10-18(26-3)19(11-13)27-4)24-21(29)23-14-8-9-15(16(22)12-14)20(25)28-6-2/h7-12,17H,5-6H2,1-4H3,(H2,23,24,29). The topological polar surface area (TPSA) is 68.8 Å². The predicted molar refractivity (Wildman–Crippen MR) is 119 cm³/mol. The van der Waals surface area contributed by atoms with Gasteiger partial charge in [0.15, 0.2) is 16.6 Å². The van der Waals surface area contributed by atoms with Crippen molar-refractivity contribution in [1.82, 2.24) is 5.32 Å². The number of halogens is 1. The minimum Gasteiger partial charge on any atom is -0.493 e. The lowest BCUT2D eigenvalue weighted by Gasteiger charge is -2.21. The van der Waals surface area contributed by atoms with Gasteiger partial charge in [-0.05, 0) is 61.5 Å². The van der Waals surface area contributed by atoms with Crippen molar-refractivity contribution in [3.8, 4) is 11.5 Å². The number of ether oxygens (including phenoxy) is 3. The van der Waals surface area contributed by atoms with E-state index in [1.54, 1.807) is 39.3 Å². The molecule has 0 aromatic heterocycles. The number of carbonyl (C=O) groups excluding carboxylic acids is 1. The largest absolute Gasteiger partial charge is 0.493 e. The van der Waals surface area contributed by atoms with E-state index >= 15 is 0 Å². The summed E-state index contributed by atoms with van der Waals surface area (Å²) in [7, 11) is 3.20. The monoisotopic (exact) mass is 436 g/mol. The fourth-order valence-corrected chi connectivity index (χ4v) is 3.30. The average molecular weight is 437 g/mol. The van der Waals surface area contributed by atoms with E-state index in [9.17, 15) is 4.79 Å². The molecule has 0 aliphatic heterocycles. The van der Waals surface area contributed by atoms with Crippen LogP contribution in [0.15, 0.2) is 36.4 Å². The molecule has 6 nitrogen and oxygen atoms in total. The summed E-state index contributed by atoms with van der Waals surface area (Å²) in [6.45, 7) is 4.09. The number of rotatable bonds is 8. The number of hydrogen-bond donors (Lipinski definition) is 2. The van der Waals surface area contributed by atoms with Gasteiger partial charge in [0.1, 0.15) is 0 Å². The summed E-state index contributed by atoms with van der Waals surface area (Å²) in [5.41, 5.74) is 2.00. The normalized spacial score (nSPS) is 11.3. The second-order valence-corrected chi connectivity index (χ2v) is 6.90. The maximum absolute atomic E-state index is 11.9. The highest BCUT2D eigenvalue weighted by Crippen LogP contribution is 2.31. The van der Waals surface area contributed by atoms with Gasteiger partial charge in [-0.3, -0.25) is 0 Å². The molecule has 0 heterocycles. The van der Waals surface area contributed by atoms with Crippen molar-refractivity contribution >= 4 is 40.6 Å². The molecule has 2 aromatic rings. The zero-order chi connectivity index (χ0) is 21.4. The Hall–Kier alpha value is -2.51. The summed E-state index contributed by atoms with van der Waals surface area (Å²) >= 11 is 11.6. The number of anilines is 1. The Kier molecular flexibility index (Phi) is 8.54. The molecule has 0 bridgehead atoms. The van der Waals surface area contributed by atoms with Crippen LogP contribution in [0.4, 0.5) is 5.69 Å². The van der Waals surface area contributed by atoms with Crippen molar-refractivity contribution in [1.29, 1.82) is 0 Å². The van der Waals surface area contributed by atoms with Crippen molar-refractivity contribution in [2.75, 3.05) is 26.1 Å². The van der Waals surface area contributed by atoms with Crippen LogP contribution in [0.2, 0.25) is 5.02 Å². The first-order valence-corrected chi connectivity index (χ1v) is 9.98. The third-order valence-corrected chi connectivity index (χ3v) is 4.78. The van der Waals surface area contributed by atoms with Crippen molar-refractivity contribution in [2.24, 2.45) is 0 Å². The maximum Gasteiger partial charge on any atom is 0.339 e. The molecule has 0 spiro atoms. The zero-order valence-electron chi connectivity index (χ0n) is 16.9. The van der Waals surface area contributed by atoms with Gasteiger partial charge in [-0.25, -0.2) is 4.79 Å². The van der Waals surface area contributed by atoms with Gasteiger partial charge >= 0.3 is 5.97 Å². The molecule has 1 atom stereocenters. The second-order valence-electron chi connectivity index (χ2n) is 6.09. The minimum absolute atomic E-state index is 0.0240. The fourth-order valence-electron chi connectivity index (χ4n) is 2.78. The quantitative estimate of drug-likeness (QED) is 0.447. The summed E-state index contributed by atoms with van der Waals surface area (Å²) in [4.78, 5) is 11.9. The molecule has 0 radical (unpaired) electrons. The number of carbonyl (C=O) groups is 1. The van der Waals surface area contributed by atoms with Crippen LogP contribution in [-0.4, -0.2) is 31.9 Å². The van der Waals surface area contributed by atoms with Gasteiger partial charge in [0.25, 0.3) is 0 Å². The van der Waals surface area contributed by atoms with Crippen molar-refractivity contribution in [3.63, 3.8) is 0 Å². The molecule has 156 valence electrons.